The molecule has 1 aromatic carbocycles. The zero-order chi connectivity index (χ0) is 20.4. The summed E-state index contributed by atoms with van der Waals surface area (Å²) in [5, 5.41) is 4.30. The molecule has 0 spiro atoms. The zero-order valence-electron chi connectivity index (χ0n) is 16.3. The number of anilines is 1. The molecule has 0 radical (unpaired) electrons. The van der Waals surface area contributed by atoms with Crippen LogP contribution in [-0.4, -0.2) is 38.9 Å². The van der Waals surface area contributed by atoms with Gasteiger partial charge in [0.15, 0.2) is 33.6 Å². The van der Waals surface area contributed by atoms with Gasteiger partial charge in [-0.3, -0.25) is 0 Å². The number of rotatable bonds is 8. The predicted molar refractivity (Wildman–Crippen MR) is 122 cm³/mol. The maximum absolute atomic E-state index is 6.06. The Morgan fingerprint density at radius 1 is 1.24 bits per heavy atom. The fourth-order valence-corrected chi connectivity index (χ4v) is 4.79. The SMILES string of the molecule is CC(C)NCCCCn1c(Sc2cc3c(cc2I)OCO3)nc2c(N)ncnc21. The molecule has 154 valence electrons. The summed E-state index contributed by atoms with van der Waals surface area (Å²) in [6.45, 7) is 6.38. The number of fused-ring (bicyclic) bond motifs is 2. The molecule has 3 heterocycles. The average Bonchev–Trinajstić information content (AvgIpc) is 3.27. The smallest absolute Gasteiger partial charge is 0.231 e. The molecule has 4 rings (SSSR count). The lowest BCUT2D eigenvalue weighted by Gasteiger charge is -2.11. The number of nitrogens with two attached hydrogens (primary N) is 1. The first-order valence-corrected chi connectivity index (χ1v) is 11.4. The fraction of sp³-hybridized carbons (Fsp3) is 0.421. The van der Waals surface area contributed by atoms with Gasteiger partial charge in [-0.15, -0.1) is 0 Å². The average molecular weight is 526 g/mol. The lowest BCUT2D eigenvalue weighted by atomic mass is 10.3. The van der Waals surface area contributed by atoms with Gasteiger partial charge < -0.3 is 25.1 Å². The van der Waals surface area contributed by atoms with E-state index in [-0.39, 0.29) is 6.79 Å². The normalized spacial score (nSPS) is 13.0. The molecule has 2 aromatic heterocycles. The van der Waals surface area contributed by atoms with Crippen LogP contribution in [0.25, 0.3) is 11.2 Å². The first-order chi connectivity index (χ1) is 14.0. The number of halogens is 1. The van der Waals surface area contributed by atoms with Crippen molar-refractivity contribution in [1.29, 1.82) is 0 Å². The van der Waals surface area contributed by atoms with Crippen molar-refractivity contribution < 1.29 is 9.47 Å². The molecule has 10 heteroatoms. The molecule has 0 unspecified atom stereocenters. The number of unbranched alkanes of at least 4 members (excludes halogenated alkanes) is 1. The van der Waals surface area contributed by atoms with Crippen LogP contribution in [0.2, 0.25) is 0 Å². The first-order valence-electron chi connectivity index (χ1n) is 9.50. The summed E-state index contributed by atoms with van der Waals surface area (Å²) in [6, 6.07) is 4.49. The molecule has 0 atom stereocenters. The summed E-state index contributed by atoms with van der Waals surface area (Å²) in [7, 11) is 0. The molecule has 0 bridgehead atoms. The molecule has 0 aliphatic carbocycles. The Morgan fingerprint density at radius 2 is 2.03 bits per heavy atom. The summed E-state index contributed by atoms with van der Waals surface area (Å²) in [5.74, 6) is 1.94. The van der Waals surface area contributed by atoms with Crippen molar-refractivity contribution in [2.45, 2.75) is 49.3 Å². The van der Waals surface area contributed by atoms with Crippen molar-refractivity contribution in [1.82, 2.24) is 24.8 Å². The fourth-order valence-electron chi connectivity index (χ4n) is 3.07. The van der Waals surface area contributed by atoms with Crippen LogP contribution in [0.15, 0.2) is 28.5 Å². The Morgan fingerprint density at radius 3 is 2.83 bits per heavy atom. The molecule has 1 aliphatic rings. The van der Waals surface area contributed by atoms with Crippen LogP contribution >= 0.6 is 34.4 Å². The third-order valence-corrected chi connectivity index (χ3v) is 6.83. The van der Waals surface area contributed by atoms with Crippen molar-refractivity contribution in [2.75, 3.05) is 19.1 Å². The second-order valence-electron chi connectivity index (χ2n) is 7.03. The van der Waals surface area contributed by atoms with E-state index in [0.29, 0.717) is 17.4 Å². The number of hydrogen-bond donors (Lipinski definition) is 2. The quantitative estimate of drug-likeness (QED) is 0.339. The molecule has 8 nitrogen and oxygen atoms in total. The van der Waals surface area contributed by atoms with Crippen LogP contribution in [0, 0.1) is 3.57 Å². The number of nitrogen functional groups attached to an aromatic ring is 1. The highest BCUT2D eigenvalue weighted by atomic mass is 127. The van der Waals surface area contributed by atoms with Crippen LogP contribution in [0.5, 0.6) is 11.5 Å². The van der Waals surface area contributed by atoms with Gasteiger partial charge in [0.2, 0.25) is 6.79 Å². The van der Waals surface area contributed by atoms with Crippen molar-refractivity contribution in [2.24, 2.45) is 0 Å². The first kappa shape index (κ1) is 20.5. The van der Waals surface area contributed by atoms with Gasteiger partial charge in [-0.05, 0) is 54.1 Å². The number of benzene rings is 1. The van der Waals surface area contributed by atoms with E-state index in [1.807, 2.05) is 12.1 Å². The van der Waals surface area contributed by atoms with E-state index in [0.717, 1.165) is 56.7 Å². The maximum atomic E-state index is 6.06. The van der Waals surface area contributed by atoms with Crippen molar-refractivity contribution in [3.8, 4) is 11.5 Å². The minimum atomic E-state index is 0.259. The number of ether oxygens (including phenoxy) is 2. The van der Waals surface area contributed by atoms with Crippen LogP contribution in [0.1, 0.15) is 26.7 Å². The van der Waals surface area contributed by atoms with E-state index in [2.05, 4.69) is 56.3 Å². The molecule has 3 aromatic rings. The lowest BCUT2D eigenvalue weighted by Crippen LogP contribution is -2.23. The molecule has 0 saturated heterocycles. The number of aryl methyl sites for hydroxylation is 1. The summed E-state index contributed by atoms with van der Waals surface area (Å²) in [4.78, 5) is 14.4. The number of nitrogens with zero attached hydrogens (tertiary/aromatic N) is 4. The van der Waals surface area contributed by atoms with Gasteiger partial charge in [-0.2, -0.15) is 0 Å². The Bertz CT molecular complexity index is 1030. The van der Waals surface area contributed by atoms with Gasteiger partial charge >= 0.3 is 0 Å². The highest BCUT2D eigenvalue weighted by Crippen LogP contribution is 2.41. The predicted octanol–water partition coefficient (Wildman–Crippen LogP) is 3.67. The van der Waals surface area contributed by atoms with Crippen LogP contribution in [0.3, 0.4) is 0 Å². The largest absolute Gasteiger partial charge is 0.454 e. The highest BCUT2D eigenvalue weighted by molar-refractivity contribution is 14.1. The minimum absolute atomic E-state index is 0.259. The van der Waals surface area contributed by atoms with E-state index < -0.39 is 0 Å². The molecule has 0 fully saturated rings. The van der Waals surface area contributed by atoms with Crippen molar-refractivity contribution >= 4 is 51.3 Å². The second-order valence-corrected chi connectivity index (χ2v) is 9.20. The van der Waals surface area contributed by atoms with Crippen LogP contribution in [0.4, 0.5) is 5.82 Å². The monoisotopic (exact) mass is 526 g/mol. The third kappa shape index (κ3) is 4.53. The molecular weight excluding hydrogens is 503 g/mol. The van der Waals surface area contributed by atoms with Gasteiger partial charge in [0.25, 0.3) is 0 Å². The summed E-state index contributed by atoms with van der Waals surface area (Å²) < 4.78 is 14.2. The number of hydrogen-bond acceptors (Lipinski definition) is 8. The second kappa shape index (κ2) is 8.92. The highest BCUT2D eigenvalue weighted by Gasteiger charge is 2.20. The summed E-state index contributed by atoms with van der Waals surface area (Å²) in [6.07, 6.45) is 3.58. The van der Waals surface area contributed by atoms with E-state index in [1.54, 1.807) is 11.8 Å². The van der Waals surface area contributed by atoms with Crippen LogP contribution < -0.4 is 20.5 Å². The Labute approximate surface area is 187 Å². The Balaban J connectivity index is 1.60. The summed E-state index contributed by atoms with van der Waals surface area (Å²) >= 11 is 3.89. The molecule has 29 heavy (non-hydrogen) atoms. The van der Waals surface area contributed by atoms with Crippen LogP contribution in [-0.2, 0) is 6.54 Å². The Hall–Kier alpha value is -1.79. The third-order valence-electron chi connectivity index (χ3n) is 4.51. The van der Waals surface area contributed by atoms with Crippen molar-refractivity contribution in [3.05, 3.63) is 22.0 Å². The standard InChI is InChI=1S/C19H23IN6O2S/c1-11(2)22-5-3-4-6-26-18-16(17(21)23-9-24-18)25-19(26)29-15-8-14-13(7-12(15)20)27-10-28-14/h7-9,11,22H,3-6,10H2,1-2H3,(H2,21,23,24). The molecule has 0 amide bonds. The minimum Gasteiger partial charge on any atom is -0.454 e. The summed E-state index contributed by atoms with van der Waals surface area (Å²) in [5.41, 5.74) is 7.48. The molecule has 0 saturated carbocycles. The van der Waals surface area contributed by atoms with E-state index >= 15 is 0 Å². The maximum Gasteiger partial charge on any atom is 0.231 e. The van der Waals surface area contributed by atoms with E-state index in [1.165, 1.54) is 6.33 Å². The number of nitrogens with one attached hydrogen (secondary N) is 1. The van der Waals surface area contributed by atoms with Gasteiger partial charge in [-0.25, -0.2) is 15.0 Å². The zero-order valence-corrected chi connectivity index (χ0v) is 19.3. The lowest BCUT2D eigenvalue weighted by molar-refractivity contribution is 0.174. The van der Waals surface area contributed by atoms with Gasteiger partial charge in [-0.1, -0.05) is 25.6 Å². The van der Waals surface area contributed by atoms with E-state index in [9.17, 15) is 0 Å². The topological polar surface area (TPSA) is 100 Å². The van der Waals surface area contributed by atoms with Gasteiger partial charge in [0, 0.05) is 21.1 Å². The molecule has 1 aliphatic heterocycles. The Kier molecular flexibility index (Phi) is 6.30. The number of imidazole rings is 1. The number of aromatic nitrogens is 4. The van der Waals surface area contributed by atoms with Gasteiger partial charge in [0.1, 0.15) is 6.33 Å². The molecular formula is C19H23IN6O2S. The van der Waals surface area contributed by atoms with Gasteiger partial charge in [0.05, 0.1) is 0 Å². The molecule has 3 N–H and O–H groups in total. The van der Waals surface area contributed by atoms with Crippen molar-refractivity contribution in [3.63, 3.8) is 0 Å². The van der Waals surface area contributed by atoms with E-state index in [4.69, 9.17) is 20.2 Å².